The van der Waals surface area contributed by atoms with Crippen molar-refractivity contribution in [1.29, 1.82) is 0 Å². The highest BCUT2D eigenvalue weighted by molar-refractivity contribution is 6.33. The molecule has 36 heavy (non-hydrogen) atoms. The maximum atomic E-state index is 14.2. The molecule has 1 aliphatic heterocycles. The van der Waals surface area contributed by atoms with Gasteiger partial charge in [-0.15, -0.1) is 0 Å². The Morgan fingerprint density at radius 3 is 1.86 bits per heavy atom. The summed E-state index contributed by atoms with van der Waals surface area (Å²) in [6, 6.07) is 12.3. The summed E-state index contributed by atoms with van der Waals surface area (Å²) >= 11 is 6.44. The highest BCUT2D eigenvalue weighted by atomic mass is 35.5. The number of anilines is 3. The fourth-order valence-corrected chi connectivity index (χ4v) is 4.41. The van der Waals surface area contributed by atoms with Crippen molar-refractivity contribution in [3.8, 4) is 0 Å². The third-order valence-electron chi connectivity index (χ3n) is 6.17. The van der Waals surface area contributed by atoms with Crippen LogP contribution < -0.4 is 15.1 Å². The summed E-state index contributed by atoms with van der Waals surface area (Å²) in [6.07, 6.45) is 0. The Morgan fingerprint density at radius 1 is 0.806 bits per heavy atom. The Kier molecular flexibility index (Phi) is 7.40. The molecule has 4 rings (SSSR count). The van der Waals surface area contributed by atoms with E-state index in [1.807, 2.05) is 17.0 Å². The van der Waals surface area contributed by atoms with Gasteiger partial charge < -0.3 is 15.1 Å². The zero-order valence-electron chi connectivity index (χ0n) is 19.5. The van der Waals surface area contributed by atoms with Crippen LogP contribution in [0.1, 0.15) is 35.7 Å². The lowest BCUT2D eigenvalue weighted by Gasteiger charge is -2.38. The number of nitrogens with one attached hydrogen (secondary N) is 1. The minimum absolute atomic E-state index is 0.0134. The highest BCUT2D eigenvalue weighted by Gasteiger charge is 2.31. The van der Waals surface area contributed by atoms with E-state index in [1.54, 1.807) is 30.3 Å². The first-order valence-corrected chi connectivity index (χ1v) is 11.7. The first-order chi connectivity index (χ1) is 17.1. The third-order valence-corrected chi connectivity index (χ3v) is 6.47. The number of nitrogens with zero attached hydrogens (tertiary/aromatic N) is 2. The second-order valence-electron chi connectivity index (χ2n) is 8.79. The molecule has 3 aromatic carbocycles. The maximum Gasteiger partial charge on any atom is 0.255 e. The topological polar surface area (TPSA) is 35.6 Å². The molecule has 1 aliphatic rings. The number of piperazine rings is 1. The van der Waals surface area contributed by atoms with E-state index >= 15 is 0 Å². The van der Waals surface area contributed by atoms with Crippen LogP contribution in [0.5, 0.6) is 0 Å². The predicted octanol–water partition coefficient (Wildman–Crippen LogP) is 6.74. The smallest absolute Gasteiger partial charge is 0.255 e. The molecule has 1 heterocycles. The Hall–Kier alpha value is -3.33. The summed E-state index contributed by atoms with van der Waals surface area (Å²) in [7, 11) is 0. The molecule has 1 saturated heterocycles. The number of carbonyl (C=O) groups is 1. The van der Waals surface area contributed by atoms with E-state index in [1.165, 1.54) is 0 Å². The molecule has 4 nitrogen and oxygen atoms in total. The van der Waals surface area contributed by atoms with E-state index in [0.717, 1.165) is 10.5 Å². The second-order valence-corrected chi connectivity index (χ2v) is 9.20. The van der Waals surface area contributed by atoms with Crippen molar-refractivity contribution in [3.05, 3.63) is 87.7 Å². The molecule has 10 heteroatoms. The van der Waals surface area contributed by atoms with Crippen LogP contribution in [-0.4, -0.2) is 32.1 Å². The van der Waals surface area contributed by atoms with Crippen LogP contribution in [-0.2, 0) is 0 Å². The quantitative estimate of drug-likeness (QED) is 0.229. The molecule has 0 radical (unpaired) electrons. The van der Waals surface area contributed by atoms with E-state index in [4.69, 9.17) is 11.6 Å². The summed E-state index contributed by atoms with van der Waals surface area (Å²) in [4.78, 5) is 15.5. The molecule has 0 atom stereocenters. The standard InChI is InChI=1S/C26H23ClF5N3O/c1-14(2)15-3-5-16(6-4-15)26(36)33-17-7-8-19(18(27)13-17)34-9-11-35(12-10-34)25-23(31)21(29)20(28)22(30)24(25)32/h3-8,13-14H,9-12H2,1-2H3,(H,33,36). The van der Waals surface area contributed by atoms with Crippen LogP contribution in [0, 0.1) is 29.1 Å². The van der Waals surface area contributed by atoms with Gasteiger partial charge in [-0.2, -0.15) is 0 Å². The van der Waals surface area contributed by atoms with Crippen molar-refractivity contribution in [2.45, 2.75) is 19.8 Å². The minimum Gasteiger partial charge on any atom is -0.367 e. The van der Waals surface area contributed by atoms with Crippen molar-refractivity contribution < 1.29 is 26.7 Å². The first-order valence-electron chi connectivity index (χ1n) is 11.3. The minimum atomic E-state index is -2.18. The lowest BCUT2D eigenvalue weighted by Crippen LogP contribution is -2.47. The summed E-state index contributed by atoms with van der Waals surface area (Å²) in [6.45, 7) is 4.62. The van der Waals surface area contributed by atoms with Gasteiger partial charge in [0.2, 0.25) is 5.82 Å². The normalized spacial score (nSPS) is 13.9. The molecule has 0 aromatic heterocycles. The van der Waals surface area contributed by atoms with E-state index in [-0.39, 0.29) is 32.1 Å². The SMILES string of the molecule is CC(C)c1ccc(C(=O)Nc2ccc(N3CCN(c4c(F)c(F)c(F)c(F)c4F)CC3)c(Cl)c2)cc1. The molecular weight excluding hydrogens is 501 g/mol. The van der Waals surface area contributed by atoms with E-state index < -0.39 is 34.8 Å². The molecule has 0 aliphatic carbocycles. The molecule has 0 spiro atoms. The molecule has 1 N–H and O–H groups in total. The van der Waals surface area contributed by atoms with Crippen LogP contribution >= 0.6 is 11.6 Å². The molecule has 1 amide bonds. The van der Waals surface area contributed by atoms with Gasteiger partial charge in [0, 0.05) is 37.4 Å². The Bertz CT molecular complexity index is 1260. The van der Waals surface area contributed by atoms with E-state index in [0.29, 0.717) is 27.9 Å². The summed E-state index contributed by atoms with van der Waals surface area (Å²) < 4.78 is 68.9. The molecular formula is C26H23ClF5N3O. The predicted molar refractivity (Wildman–Crippen MR) is 131 cm³/mol. The number of hydrogen-bond donors (Lipinski definition) is 1. The third kappa shape index (κ3) is 4.97. The molecule has 190 valence electrons. The number of benzene rings is 3. The summed E-state index contributed by atoms with van der Waals surface area (Å²) in [5.41, 5.74) is 1.80. The average molecular weight is 524 g/mol. The summed E-state index contributed by atoms with van der Waals surface area (Å²) in [5.74, 6) is -9.75. The fraction of sp³-hybridized carbons (Fsp3) is 0.269. The molecule has 0 saturated carbocycles. The Balaban J connectivity index is 1.43. The lowest BCUT2D eigenvalue weighted by atomic mass is 10.0. The van der Waals surface area contributed by atoms with Gasteiger partial charge in [-0.05, 0) is 41.8 Å². The van der Waals surface area contributed by atoms with Gasteiger partial charge in [0.15, 0.2) is 23.3 Å². The zero-order valence-corrected chi connectivity index (χ0v) is 20.3. The van der Waals surface area contributed by atoms with Crippen LogP contribution in [0.25, 0.3) is 0 Å². The van der Waals surface area contributed by atoms with Crippen molar-refractivity contribution in [3.63, 3.8) is 0 Å². The summed E-state index contributed by atoms with van der Waals surface area (Å²) in [5, 5.41) is 3.14. The van der Waals surface area contributed by atoms with Crippen molar-refractivity contribution in [2.24, 2.45) is 0 Å². The van der Waals surface area contributed by atoms with E-state index in [9.17, 15) is 26.7 Å². The number of hydrogen-bond acceptors (Lipinski definition) is 3. The first kappa shape index (κ1) is 25.8. The van der Waals surface area contributed by atoms with Gasteiger partial charge in [-0.3, -0.25) is 4.79 Å². The van der Waals surface area contributed by atoms with Crippen molar-refractivity contribution in [2.75, 3.05) is 41.3 Å². The lowest BCUT2D eigenvalue weighted by molar-refractivity contribution is 0.102. The largest absolute Gasteiger partial charge is 0.367 e. The number of rotatable bonds is 5. The van der Waals surface area contributed by atoms with Gasteiger partial charge in [0.25, 0.3) is 5.91 Å². The second kappa shape index (κ2) is 10.3. The Morgan fingerprint density at radius 2 is 1.33 bits per heavy atom. The highest BCUT2D eigenvalue weighted by Crippen LogP contribution is 2.33. The molecule has 0 unspecified atom stereocenters. The van der Waals surface area contributed by atoms with Gasteiger partial charge in [0.05, 0.1) is 10.7 Å². The number of carbonyl (C=O) groups excluding carboxylic acids is 1. The molecule has 1 fully saturated rings. The van der Waals surface area contributed by atoms with Crippen molar-refractivity contribution in [1.82, 2.24) is 0 Å². The van der Waals surface area contributed by atoms with Crippen LogP contribution in [0.3, 0.4) is 0 Å². The van der Waals surface area contributed by atoms with Gasteiger partial charge in [-0.25, -0.2) is 22.0 Å². The maximum absolute atomic E-state index is 14.2. The molecule has 0 bridgehead atoms. The van der Waals surface area contributed by atoms with Crippen LogP contribution in [0.4, 0.5) is 39.0 Å². The number of amides is 1. The van der Waals surface area contributed by atoms with Crippen LogP contribution in [0.2, 0.25) is 5.02 Å². The number of halogens is 6. The fourth-order valence-electron chi connectivity index (χ4n) is 4.11. The molecule has 3 aromatic rings. The average Bonchev–Trinajstić information content (AvgIpc) is 2.87. The Labute approximate surface area is 210 Å². The van der Waals surface area contributed by atoms with Gasteiger partial charge in [0.1, 0.15) is 5.69 Å². The zero-order chi connectivity index (χ0) is 26.1. The van der Waals surface area contributed by atoms with E-state index in [2.05, 4.69) is 19.2 Å². The van der Waals surface area contributed by atoms with Crippen molar-refractivity contribution >= 4 is 34.6 Å². The van der Waals surface area contributed by atoms with Gasteiger partial charge >= 0.3 is 0 Å². The van der Waals surface area contributed by atoms with Gasteiger partial charge in [-0.1, -0.05) is 37.6 Å². The van der Waals surface area contributed by atoms with Crippen LogP contribution in [0.15, 0.2) is 42.5 Å². The monoisotopic (exact) mass is 523 g/mol.